The van der Waals surface area contributed by atoms with E-state index in [1.165, 1.54) is 18.2 Å². The van der Waals surface area contributed by atoms with Gasteiger partial charge in [0.05, 0.1) is 18.9 Å². The second-order valence-corrected chi connectivity index (χ2v) is 4.42. The molecule has 1 aromatic carbocycles. The number of nitrogens with one attached hydrogen (secondary N) is 1. The molecule has 1 amide bonds. The summed E-state index contributed by atoms with van der Waals surface area (Å²) < 4.78 is 23.3. The zero-order valence-corrected chi connectivity index (χ0v) is 10.5. The summed E-state index contributed by atoms with van der Waals surface area (Å²) in [5.74, 6) is -0.631. The molecule has 0 atom stereocenters. The van der Waals surface area contributed by atoms with Crippen LogP contribution in [0.25, 0.3) is 0 Å². The molecule has 0 aromatic heterocycles. The molecule has 0 radical (unpaired) electrons. The molecule has 1 aliphatic rings. The van der Waals surface area contributed by atoms with Crippen molar-refractivity contribution in [1.29, 1.82) is 0 Å². The van der Waals surface area contributed by atoms with E-state index in [-0.39, 0.29) is 17.7 Å². The number of anilines is 2. The van der Waals surface area contributed by atoms with Gasteiger partial charge in [-0.2, -0.15) is 0 Å². The third-order valence-electron chi connectivity index (χ3n) is 2.79. The fourth-order valence-electron chi connectivity index (χ4n) is 1.64. The Morgan fingerprint density at radius 2 is 2.32 bits per heavy atom. The van der Waals surface area contributed by atoms with Crippen molar-refractivity contribution in [1.82, 2.24) is 0 Å². The molecular formula is C13H17FN2O3. The Bertz CT molecular complexity index is 450. The number of ether oxygens (including phenoxy) is 2. The number of hydrogen-bond acceptors (Lipinski definition) is 4. The molecule has 0 spiro atoms. The normalized spacial score (nSPS) is 15.0. The van der Waals surface area contributed by atoms with Gasteiger partial charge in [-0.3, -0.25) is 4.79 Å². The first kappa shape index (κ1) is 13.8. The quantitative estimate of drug-likeness (QED) is 0.606. The lowest BCUT2D eigenvalue weighted by Gasteiger charge is -2.25. The van der Waals surface area contributed by atoms with Crippen LogP contribution in [0.4, 0.5) is 15.8 Å². The molecular weight excluding hydrogens is 251 g/mol. The van der Waals surface area contributed by atoms with Crippen LogP contribution >= 0.6 is 0 Å². The number of halogens is 1. The summed E-state index contributed by atoms with van der Waals surface area (Å²) in [4.78, 5) is 11.6. The third kappa shape index (κ3) is 4.18. The minimum atomic E-state index is -0.492. The Morgan fingerprint density at radius 1 is 1.53 bits per heavy atom. The number of amides is 1. The highest BCUT2D eigenvalue weighted by Gasteiger charge is 2.18. The number of nitrogen functional groups attached to an aromatic ring is 1. The topological polar surface area (TPSA) is 73.6 Å². The van der Waals surface area contributed by atoms with Crippen molar-refractivity contribution in [2.45, 2.75) is 18.9 Å². The van der Waals surface area contributed by atoms with Crippen molar-refractivity contribution in [3.05, 3.63) is 24.0 Å². The number of benzene rings is 1. The second kappa shape index (κ2) is 6.49. The molecule has 1 fully saturated rings. The lowest BCUT2D eigenvalue weighted by Crippen LogP contribution is -2.36. The van der Waals surface area contributed by atoms with E-state index in [1.54, 1.807) is 0 Å². The van der Waals surface area contributed by atoms with Crippen LogP contribution in [0.2, 0.25) is 0 Å². The number of carbonyl (C=O) groups is 1. The SMILES string of the molecule is Nc1cc(NC(=O)CCCOC2COC2)ccc1F. The monoisotopic (exact) mass is 268 g/mol. The van der Waals surface area contributed by atoms with Crippen molar-refractivity contribution in [2.24, 2.45) is 0 Å². The summed E-state index contributed by atoms with van der Waals surface area (Å²) in [5.41, 5.74) is 5.93. The minimum Gasteiger partial charge on any atom is -0.396 e. The van der Waals surface area contributed by atoms with Gasteiger partial charge in [-0.25, -0.2) is 4.39 Å². The van der Waals surface area contributed by atoms with Gasteiger partial charge in [0.2, 0.25) is 5.91 Å². The number of carbonyl (C=O) groups excluding carboxylic acids is 1. The molecule has 6 heteroatoms. The predicted molar refractivity (Wildman–Crippen MR) is 69.2 cm³/mol. The van der Waals surface area contributed by atoms with Gasteiger partial charge in [0.15, 0.2) is 0 Å². The van der Waals surface area contributed by atoms with E-state index < -0.39 is 5.82 Å². The summed E-state index contributed by atoms with van der Waals surface area (Å²) in [6, 6.07) is 4.10. The summed E-state index contributed by atoms with van der Waals surface area (Å²) in [6.45, 7) is 1.81. The second-order valence-electron chi connectivity index (χ2n) is 4.42. The van der Waals surface area contributed by atoms with Crippen LogP contribution in [-0.4, -0.2) is 31.8 Å². The fourth-order valence-corrected chi connectivity index (χ4v) is 1.64. The van der Waals surface area contributed by atoms with Crippen molar-refractivity contribution >= 4 is 17.3 Å². The highest BCUT2D eigenvalue weighted by atomic mass is 19.1. The first-order chi connectivity index (χ1) is 9.15. The lowest BCUT2D eigenvalue weighted by molar-refractivity contribution is -0.131. The average molecular weight is 268 g/mol. The summed E-state index contributed by atoms with van der Waals surface area (Å²) in [6.07, 6.45) is 1.17. The van der Waals surface area contributed by atoms with Gasteiger partial charge >= 0.3 is 0 Å². The van der Waals surface area contributed by atoms with Crippen molar-refractivity contribution in [3.8, 4) is 0 Å². The zero-order chi connectivity index (χ0) is 13.7. The molecule has 1 aliphatic heterocycles. The lowest BCUT2D eigenvalue weighted by atomic mass is 10.2. The summed E-state index contributed by atoms with van der Waals surface area (Å²) in [7, 11) is 0. The largest absolute Gasteiger partial charge is 0.396 e. The smallest absolute Gasteiger partial charge is 0.224 e. The van der Waals surface area contributed by atoms with E-state index in [2.05, 4.69) is 5.32 Å². The number of rotatable bonds is 6. The highest BCUT2D eigenvalue weighted by molar-refractivity contribution is 5.91. The molecule has 3 N–H and O–H groups in total. The van der Waals surface area contributed by atoms with Crippen LogP contribution in [-0.2, 0) is 14.3 Å². The van der Waals surface area contributed by atoms with Crippen LogP contribution < -0.4 is 11.1 Å². The number of hydrogen-bond donors (Lipinski definition) is 2. The van der Waals surface area contributed by atoms with Gasteiger partial charge in [-0.1, -0.05) is 0 Å². The van der Waals surface area contributed by atoms with E-state index in [4.69, 9.17) is 15.2 Å². The Labute approximate surface area is 110 Å². The predicted octanol–water partition coefficient (Wildman–Crippen LogP) is 1.54. The molecule has 19 heavy (non-hydrogen) atoms. The van der Waals surface area contributed by atoms with Crippen LogP contribution in [0.1, 0.15) is 12.8 Å². The molecule has 5 nitrogen and oxygen atoms in total. The molecule has 2 rings (SSSR count). The number of nitrogens with two attached hydrogens (primary N) is 1. The summed E-state index contributed by atoms with van der Waals surface area (Å²) >= 11 is 0. The van der Waals surface area contributed by atoms with Crippen molar-refractivity contribution in [2.75, 3.05) is 30.9 Å². The van der Waals surface area contributed by atoms with Gasteiger partial charge in [-0.15, -0.1) is 0 Å². The summed E-state index contributed by atoms with van der Waals surface area (Å²) in [5, 5.41) is 2.66. The Kier molecular flexibility index (Phi) is 4.70. The fraction of sp³-hybridized carbons (Fsp3) is 0.462. The van der Waals surface area contributed by atoms with Crippen molar-refractivity contribution in [3.63, 3.8) is 0 Å². The Morgan fingerprint density at radius 3 is 2.95 bits per heavy atom. The molecule has 0 unspecified atom stereocenters. The van der Waals surface area contributed by atoms with E-state index in [0.29, 0.717) is 38.3 Å². The Hall–Kier alpha value is -1.66. The molecule has 1 saturated heterocycles. The van der Waals surface area contributed by atoms with Crippen LogP contribution in [0.5, 0.6) is 0 Å². The highest BCUT2D eigenvalue weighted by Crippen LogP contribution is 2.16. The van der Waals surface area contributed by atoms with E-state index in [9.17, 15) is 9.18 Å². The first-order valence-corrected chi connectivity index (χ1v) is 6.19. The molecule has 0 aliphatic carbocycles. The van der Waals surface area contributed by atoms with Crippen LogP contribution in [0, 0.1) is 5.82 Å². The van der Waals surface area contributed by atoms with Gasteiger partial charge in [0, 0.05) is 18.7 Å². The van der Waals surface area contributed by atoms with E-state index >= 15 is 0 Å². The zero-order valence-electron chi connectivity index (χ0n) is 10.5. The molecule has 104 valence electrons. The molecule has 0 saturated carbocycles. The van der Waals surface area contributed by atoms with Gasteiger partial charge in [0.1, 0.15) is 11.9 Å². The maximum Gasteiger partial charge on any atom is 0.224 e. The standard InChI is InChI=1S/C13H17FN2O3/c14-11-4-3-9(6-12(11)15)16-13(17)2-1-5-19-10-7-18-8-10/h3-4,6,10H,1-2,5,7-8,15H2,(H,16,17). The van der Waals surface area contributed by atoms with Gasteiger partial charge in [0.25, 0.3) is 0 Å². The van der Waals surface area contributed by atoms with Crippen LogP contribution in [0.15, 0.2) is 18.2 Å². The molecule has 1 heterocycles. The average Bonchev–Trinajstić information content (AvgIpc) is 2.31. The first-order valence-electron chi connectivity index (χ1n) is 6.19. The Balaban J connectivity index is 1.66. The maximum atomic E-state index is 12.9. The van der Waals surface area contributed by atoms with Gasteiger partial charge in [-0.05, 0) is 24.6 Å². The van der Waals surface area contributed by atoms with E-state index in [0.717, 1.165) is 0 Å². The molecule has 0 bridgehead atoms. The van der Waals surface area contributed by atoms with Crippen LogP contribution in [0.3, 0.4) is 0 Å². The molecule has 1 aromatic rings. The van der Waals surface area contributed by atoms with E-state index in [1.807, 2.05) is 0 Å². The third-order valence-corrected chi connectivity index (χ3v) is 2.79. The maximum absolute atomic E-state index is 12.9. The van der Waals surface area contributed by atoms with Crippen molar-refractivity contribution < 1.29 is 18.7 Å². The minimum absolute atomic E-state index is 0.0196. The van der Waals surface area contributed by atoms with Gasteiger partial charge < -0.3 is 20.5 Å².